The van der Waals surface area contributed by atoms with Gasteiger partial charge in [-0.2, -0.15) is 0 Å². The average Bonchev–Trinajstić information content (AvgIpc) is 3.01. The van der Waals surface area contributed by atoms with Crippen LogP contribution >= 0.6 is 0 Å². The first-order valence-corrected chi connectivity index (χ1v) is 7.95. The Bertz CT molecular complexity index is 586. The summed E-state index contributed by atoms with van der Waals surface area (Å²) in [7, 11) is 0. The molecule has 2 aromatic rings. The first-order valence-electron chi connectivity index (χ1n) is 7.95. The van der Waals surface area contributed by atoms with Crippen LogP contribution < -0.4 is 5.32 Å². The molecular weight excluding hydrogens is 246 g/mol. The fourth-order valence-electron chi connectivity index (χ4n) is 3.62. The molecule has 1 aromatic heterocycles. The summed E-state index contributed by atoms with van der Waals surface area (Å²) in [5.41, 5.74) is 2.39. The predicted molar refractivity (Wildman–Crippen MR) is 83.9 cm³/mol. The Morgan fingerprint density at radius 2 is 2.10 bits per heavy atom. The zero-order valence-electron chi connectivity index (χ0n) is 12.8. The van der Waals surface area contributed by atoms with Crippen LogP contribution in [-0.2, 0) is 6.42 Å². The minimum atomic E-state index is 0.299. The van der Waals surface area contributed by atoms with E-state index in [4.69, 9.17) is 4.42 Å². The topological polar surface area (TPSA) is 25.2 Å². The maximum atomic E-state index is 6.13. The smallest absolute Gasteiger partial charge is 0.134 e. The normalized spacial score (nSPS) is 24.4. The molecule has 0 bridgehead atoms. The van der Waals surface area contributed by atoms with Crippen molar-refractivity contribution in [2.24, 2.45) is 5.92 Å². The van der Waals surface area contributed by atoms with Crippen molar-refractivity contribution in [1.29, 1.82) is 0 Å². The highest BCUT2D eigenvalue weighted by Crippen LogP contribution is 2.32. The summed E-state index contributed by atoms with van der Waals surface area (Å²) < 4.78 is 6.13. The Balaban J connectivity index is 1.85. The van der Waals surface area contributed by atoms with Crippen molar-refractivity contribution in [2.45, 2.75) is 58.5 Å². The number of rotatable bonds is 4. The lowest BCUT2D eigenvalue weighted by Gasteiger charge is -2.18. The van der Waals surface area contributed by atoms with E-state index in [1.165, 1.54) is 30.2 Å². The molecule has 1 saturated carbocycles. The minimum absolute atomic E-state index is 0.299. The number of hydrogen-bond acceptors (Lipinski definition) is 2. The molecule has 3 unspecified atom stereocenters. The van der Waals surface area contributed by atoms with Gasteiger partial charge in [-0.25, -0.2) is 0 Å². The van der Waals surface area contributed by atoms with Crippen LogP contribution in [0.3, 0.4) is 0 Å². The number of fused-ring (bicyclic) bond motifs is 1. The van der Waals surface area contributed by atoms with Gasteiger partial charge in [0.05, 0.1) is 6.04 Å². The van der Waals surface area contributed by atoms with Crippen LogP contribution in [0.1, 0.15) is 57.4 Å². The van der Waals surface area contributed by atoms with Gasteiger partial charge < -0.3 is 9.73 Å². The van der Waals surface area contributed by atoms with Crippen LogP contribution in [0.2, 0.25) is 0 Å². The molecule has 0 amide bonds. The van der Waals surface area contributed by atoms with E-state index < -0.39 is 0 Å². The fourth-order valence-corrected chi connectivity index (χ4v) is 3.62. The van der Waals surface area contributed by atoms with Crippen molar-refractivity contribution >= 4 is 11.0 Å². The fraction of sp³-hybridized carbons (Fsp3) is 0.556. The monoisotopic (exact) mass is 271 g/mol. The van der Waals surface area contributed by atoms with E-state index in [-0.39, 0.29) is 0 Å². The van der Waals surface area contributed by atoms with Gasteiger partial charge >= 0.3 is 0 Å². The molecular formula is C18H25NO. The molecule has 20 heavy (non-hydrogen) atoms. The van der Waals surface area contributed by atoms with Gasteiger partial charge in [-0.3, -0.25) is 0 Å². The maximum absolute atomic E-state index is 6.13. The van der Waals surface area contributed by atoms with Crippen molar-refractivity contribution in [1.82, 2.24) is 5.32 Å². The van der Waals surface area contributed by atoms with Crippen LogP contribution in [-0.4, -0.2) is 6.04 Å². The van der Waals surface area contributed by atoms with Crippen molar-refractivity contribution in [3.8, 4) is 0 Å². The number of aryl methyl sites for hydroxylation is 1. The minimum Gasteiger partial charge on any atom is -0.459 e. The van der Waals surface area contributed by atoms with Crippen molar-refractivity contribution in [3.05, 3.63) is 35.6 Å². The van der Waals surface area contributed by atoms with Gasteiger partial charge in [-0.05, 0) is 44.6 Å². The highest BCUT2D eigenvalue weighted by molar-refractivity contribution is 5.82. The highest BCUT2D eigenvalue weighted by Gasteiger charge is 2.25. The molecule has 2 heteroatoms. The molecule has 1 N–H and O–H groups in total. The summed E-state index contributed by atoms with van der Waals surface area (Å²) in [5.74, 6) is 1.99. The lowest BCUT2D eigenvalue weighted by Crippen LogP contribution is -2.29. The molecule has 1 fully saturated rings. The van der Waals surface area contributed by atoms with Gasteiger partial charge in [-0.15, -0.1) is 0 Å². The Hall–Kier alpha value is -1.28. The van der Waals surface area contributed by atoms with Crippen LogP contribution in [0.4, 0.5) is 0 Å². The second-order valence-corrected chi connectivity index (χ2v) is 6.30. The first kappa shape index (κ1) is 13.7. The molecule has 108 valence electrons. The van der Waals surface area contributed by atoms with E-state index in [0.29, 0.717) is 12.1 Å². The van der Waals surface area contributed by atoms with Gasteiger partial charge in [0.1, 0.15) is 11.3 Å². The summed E-state index contributed by atoms with van der Waals surface area (Å²) in [6.07, 6.45) is 4.98. The third-order valence-electron chi connectivity index (χ3n) is 4.66. The maximum Gasteiger partial charge on any atom is 0.134 e. The third kappa shape index (κ3) is 2.49. The molecule has 1 aliphatic carbocycles. The van der Waals surface area contributed by atoms with Crippen molar-refractivity contribution < 1.29 is 4.42 Å². The first-order chi connectivity index (χ1) is 9.69. The van der Waals surface area contributed by atoms with Gasteiger partial charge in [0.15, 0.2) is 0 Å². The molecule has 3 rings (SSSR count). The van der Waals surface area contributed by atoms with Gasteiger partial charge in [-0.1, -0.05) is 32.0 Å². The second kappa shape index (κ2) is 5.61. The van der Waals surface area contributed by atoms with Crippen molar-refractivity contribution in [2.75, 3.05) is 0 Å². The third-order valence-corrected chi connectivity index (χ3v) is 4.66. The summed E-state index contributed by atoms with van der Waals surface area (Å²) >= 11 is 0. The standard InChI is InChI=1S/C18H25NO/c1-4-15-16-7-5-6-8-17(16)20-18(15)13(3)19-14-10-9-12(2)11-14/h5-8,12-14,19H,4,9-11H2,1-3H3. The number of para-hydroxylation sites is 1. The number of furan rings is 1. The molecule has 1 aliphatic rings. The highest BCUT2D eigenvalue weighted by atomic mass is 16.3. The summed E-state index contributed by atoms with van der Waals surface area (Å²) in [4.78, 5) is 0. The molecule has 1 aromatic carbocycles. The largest absolute Gasteiger partial charge is 0.459 e. The summed E-state index contributed by atoms with van der Waals surface area (Å²) in [5, 5.41) is 5.04. The van der Waals surface area contributed by atoms with E-state index >= 15 is 0 Å². The number of benzene rings is 1. The van der Waals surface area contributed by atoms with Crippen molar-refractivity contribution in [3.63, 3.8) is 0 Å². The molecule has 3 atom stereocenters. The average molecular weight is 271 g/mol. The quantitative estimate of drug-likeness (QED) is 0.861. The predicted octanol–water partition coefficient (Wildman–Crippen LogP) is 4.83. The van der Waals surface area contributed by atoms with E-state index in [9.17, 15) is 0 Å². The summed E-state index contributed by atoms with van der Waals surface area (Å²) in [6, 6.07) is 9.34. The molecule has 1 heterocycles. The second-order valence-electron chi connectivity index (χ2n) is 6.30. The molecule has 2 nitrogen and oxygen atoms in total. The zero-order valence-corrected chi connectivity index (χ0v) is 12.8. The Kier molecular flexibility index (Phi) is 3.84. The zero-order chi connectivity index (χ0) is 14.1. The Morgan fingerprint density at radius 3 is 2.80 bits per heavy atom. The van der Waals surface area contributed by atoms with E-state index in [2.05, 4.69) is 44.3 Å². The molecule has 0 spiro atoms. The van der Waals surface area contributed by atoms with Gasteiger partial charge in [0, 0.05) is 17.0 Å². The van der Waals surface area contributed by atoms with Crippen LogP contribution in [0.25, 0.3) is 11.0 Å². The van der Waals surface area contributed by atoms with Gasteiger partial charge in [0.25, 0.3) is 0 Å². The number of nitrogens with one attached hydrogen (secondary N) is 1. The lowest BCUT2D eigenvalue weighted by molar-refractivity contribution is 0.393. The number of hydrogen-bond donors (Lipinski definition) is 1. The lowest BCUT2D eigenvalue weighted by atomic mass is 10.0. The molecule has 0 aliphatic heterocycles. The Labute approximate surface area is 121 Å². The molecule has 0 radical (unpaired) electrons. The molecule has 0 saturated heterocycles. The van der Waals surface area contributed by atoms with Crippen LogP contribution in [0, 0.1) is 5.92 Å². The van der Waals surface area contributed by atoms with Crippen LogP contribution in [0.15, 0.2) is 28.7 Å². The summed E-state index contributed by atoms with van der Waals surface area (Å²) in [6.45, 7) is 6.80. The van der Waals surface area contributed by atoms with Crippen LogP contribution in [0.5, 0.6) is 0 Å². The van der Waals surface area contributed by atoms with E-state index in [1.54, 1.807) is 0 Å². The van der Waals surface area contributed by atoms with E-state index in [1.807, 2.05) is 6.07 Å². The Morgan fingerprint density at radius 1 is 1.30 bits per heavy atom. The SMILES string of the molecule is CCc1c(C(C)NC2CCC(C)C2)oc2ccccc12. The van der Waals surface area contributed by atoms with E-state index in [0.717, 1.165) is 23.7 Å². The van der Waals surface area contributed by atoms with Gasteiger partial charge in [0.2, 0.25) is 0 Å².